The molecule has 68 valence electrons. The van der Waals surface area contributed by atoms with Crippen LogP contribution in [-0.4, -0.2) is 21.1 Å². The van der Waals surface area contributed by atoms with Gasteiger partial charge < -0.3 is 21.9 Å². The van der Waals surface area contributed by atoms with Gasteiger partial charge in [0.25, 0.3) is 0 Å². The van der Waals surface area contributed by atoms with Crippen LogP contribution >= 0.6 is 0 Å². The lowest BCUT2D eigenvalue weighted by molar-refractivity contribution is 0.224. The van der Waals surface area contributed by atoms with Gasteiger partial charge in [-0.05, 0) is 6.92 Å². The number of nitrogen functional groups attached to an aromatic ring is 2. The van der Waals surface area contributed by atoms with Gasteiger partial charge in [-0.15, -0.1) is 0 Å². The van der Waals surface area contributed by atoms with E-state index in [9.17, 15) is 0 Å². The highest BCUT2D eigenvalue weighted by molar-refractivity contribution is 5.74. The molecule has 1 unspecified atom stereocenters. The summed E-state index contributed by atoms with van der Waals surface area (Å²) in [7, 11) is 1.68. The van der Waals surface area contributed by atoms with Crippen molar-refractivity contribution in [3.63, 3.8) is 0 Å². The molecule has 0 aliphatic heterocycles. The first-order valence-corrected chi connectivity index (χ1v) is 3.55. The van der Waals surface area contributed by atoms with Crippen molar-refractivity contribution in [2.24, 2.45) is 7.05 Å². The Labute approximate surface area is 70.2 Å². The number of aromatic nitrogens is 2. The van der Waals surface area contributed by atoms with Gasteiger partial charge in [0.1, 0.15) is 17.7 Å². The Balaban J connectivity index is 2.97. The van der Waals surface area contributed by atoms with E-state index in [1.54, 1.807) is 14.0 Å². The molecule has 1 rings (SSSR count). The Morgan fingerprint density at radius 3 is 2.50 bits per heavy atom. The van der Waals surface area contributed by atoms with Crippen molar-refractivity contribution < 1.29 is 5.11 Å². The number of aliphatic hydroxyl groups is 1. The van der Waals surface area contributed by atoms with Gasteiger partial charge in [-0.1, -0.05) is 0 Å². The van der Waals surface area contributed by atoms with Crippen molar-refractivity contribution in [3.8, 4) is 0 Å². The molecule has 0 bridgehead atoms. The number of rotatable bonds is 2. The van der Waals surface area contributed by atoms with E-state index in [4.69, 9.17) is 16.6 Å². The number of anilines is 3. The van der Waals surface area contributed by atoms with Crippen molar-refractivity contribution in [2.45, 2.75) is 13.2 Å². The minimum absolute atomic E-state index is 0.288. The van der Waals surface area contributed by atoms with Gasteiger partial charge in [0.2, 0.25) is 0 Å². The second-order valence-corrected chi connectivity index (χ2v) is 2.59. The molecule has 6 N–H and O–H groups in total. The molecular formula is C6H13N5O. The first-order chi connectivity index (χ1) is 5.52. The Hall–Kier alpha value is -1.43. The second-order valence-electron chi connectivity index (χ2n) is 2.59. The lowest BCUT2D eigenvalue weighted by Crippen LogP contribution is -2.15. The zero-order chi connectivity index (χ0) is 9.30. The van der Waals surface area contributed by atoms with Crippen LogP contribution in [0.3, 0.4) is 0 Å². The van der Waals surface area contributed by atoms with E-state index in [0.717, 1.165) is 0 Å². The molecule has 1 atom stereocenters. The lowest BCUT2D eigenvalue weighted by atomic mass is 10.4. The molecule has 1 aromatic heterocycles. The van der Waals surface area contributed by atoms with E-state index >= 15 is 0 Å². The topological polar surface area (TPSA) is 102 Å². The minimum Gasteiger partial charge on any atom is -0.382 e. The van der Waals surface area contributed by atoms with E-state index in [1.807, 2.05) is 0 Å². The van der Waals surface area contributed by atoms with E-state index in [2.05, 4.69) is 10.4 Å². The van der Waals surface area contributed by atoms with Crippen LogP contribution in [0.15, 0.2) is 0 Å². The minimum atomic E-state index is -0.696. The summed E-state index contributed by atoms with van der Waals surface area (Å²) < 4.78 is 1.44. The van der Waals surface area contributed by atoms with Gasteiger partial charge >= 0.3 is 0 Å². The van der Waals surface area contributed by atoms with Crippen molar-refractivity contribution in [3.05, 3.63) is 0 Å². The van der Waals surface area contributed by atoms with Crippen molar-refractivity contribution >= 4 is 17.3 Å². The van der Waals surface area contributed by atoms with Crippen LogP contribution in [0.25, 0.3) is 0 Å². The number of nitrogens with zero attached hydrogens (tertiary/aromatic N) is 2. The quantitative estimate of drug-likeness (QED) is 0.442. The summed E-state index contributed by atoms with van der Waals surface area (Å²) in [6, 6.07) is 0. The largest absolute Gasteiger partial charge is 0.382 e. The number of nitrogens with one attached hydrogen (secondary N) is 1. The van der Waals surface area contributed by atoms with Crippen LogP contribution in [0.1, 0.15) is 6.92 Å². The number of hydrogen-bond donors (Lipinski definition) is 4. The Morgan fingerprint density at radius 1 is 1.58 bits per heavy atom. The van der Waals surface area contributed by atoms with E-state index in [0.29, 0.717) is 11.5 Å². The molecule has 0 aliphatic rings. The standard InChI is InChI=1S/C6H13N5O/c1-3(12)9-4-5(7)10-11(2)6(4)8/h3,9,12H,8H2,1-2H3,(H2,7,10). The third-order valence-corrected chi connectivity index (χ3v) is 1.47. The highest BCUT2D eigenvalue weighted by atomic mass is 16.3. The lowest BCUT2D eigenvalue weighted by Gasteiger charge is -2.07. The van der Waals surface area contributed by atoms with Crippen LogP contribution in [0.4, 0.5) is 17.3 Å². The van der Waals surface area contributed by atoms with Crippen molar-refractivity contribution in [1.29, 1.82) is 0 Å². The van der Waals surface area contributed by atoms with Gasteiger partial charge in [0.05, 0.1) is 0 Å². The molecular weight excluding hydrogens is 158 g/mol. The summed E-state index contributed by atoms with van der Waals surface area (Å²) in [5.41, 5.74) is 11.6. The molecule has 6 heteroatoms. The molecule has 0 spiro atoms. The van der Waals surface area contributed by atoms with E-state index in [-0.39, 0.29) is 5.82 Å². The second kappa shape index (κ2) is 2.90. The maximum atomic E-state index is 9.00. The average molecular weight is 171 g/mol. The summed E-state index contributed by atoms with van der Waals surface area (Å²) >= 11 is 0. The fourth-order valence-corrected chi connectivity index (χ4v) is 0.915. The SMILES string of the molecule is CC(O)Nc1c(N)nn(C)c1N. The van der Waals surface area contributed by atoms with Gasteiger partial charge in [0, 0.05) is 7.05 Å². The zero-order valence-electron chi connectivity index (χ0n) is 7.07. The number of aliphatic hydroxyl groups excluding tert-OH is 1. The smallest absolute Gasteiger partial charge is 0.171 e. The fourth-order valence-electron chi connectivity index (χ4n) is 0.915. The van der Waals surface area contributed by atoms with Crippen LogP contribution in [0, 0.1) is 0 Å². The van der Waals surface area contributed by atoms with Gasteiger partial charge in [-0.3, -0.25) is 0 Å². The molecule has 0 fully saturated rings. The fraction of sp³-hybridized carbons (Fsp3) is 0.500. The summed E-state index contributed by atoms with van der Waals surface area (Å²) in [6.07, 6.45) is -0.696. The summed E-state index contributed by atoms with van der Waals surface area (Å²) in [5.74, 6) is 0.698. The normalized spacial score (nSPS) is 12.9. The van der Waals surface area contributed by atoms with Gasteiger partial charge in [-0.25, -0.2) is 4.68 Å². The summed E-state index contributed by atoms with van der Waals surface area (Å²) in [5, 5.41) is 15.5. The maximum Gasteiger partial charge on any atom is 0.171 e. The predicted octanol–water partition coefficient (Wildman–Crippen LogP) is -0.665. The molecule has 1 heterocycles. The third-order valence-electron chi connectivity index (χ3n) is 1.47. The van der Waals surface area contributed by atoms with Crippen molar-refractivity contribution in [1.82, 2.24) is 9.78 Å². The first-order valence-electron chi connectivity index (χ1n) is 3.55. The molecule has 12 heavy (non-hydrogen) atoms. The molecule has 0 saturated carbocycles. The summed E-state index contributed by atoms with van der Waals surface area (Å²) in [6.45, 7) is 1.58. The van der Waals surface area contributed by atoms with Crippen LogP contribution in [0.5, 0.6) is 0 Å². The highest BCUT2D eigenvalue weighted by Gasteiger charge is 2.11. The molecule has 0 radical (unpaired) electrons. The van der Waals surface area contributed by atoms with Crippen molar-refractivity contribution in [2.75, 3.05) is 16.8 Å². The Morgan fingerprint density at radius 2 is 2.17 bits per heavy atom. The third kappa shape index (κ3) is 1.42. The van der Waals surface area contributed by atoms with E-state index < -0.39 is 6.23 Å². The highest BCUT2D eigenvalue weighted by Crippen LogP contribution is 2.24. The number of hydrogen-bond acceptors (Lipinski definition) is 5. The molecule has 6 nitrogen and oxygen atoms in total. The molecule has 0 aromatic carbocycles. The summed E-state index contributed by atoms with van der Waals surface area (Å²) in [4.78, 5) is 0. The van der Waals surface area contributed by atoms with Gasteiger partial charge in [-0.2, -0.15) is 5.10 Å². The molecule has 1 aromatic rings. The molecule has 0 aliphatic carbocycles. The maximum absolute atomic E-state index is 9.00. The number of aryl methyl sites for hydroxylation is 1. The Kier molecular flexibility index (Phi) is 2.09. The molecule has 0 amide bonds. The average Bonchev–Trinajstić information content (AvgIpc) is 2.16. The van der Waals surface area contributed by atoms with Crippen LogP contribution in [0.2, 0.25) is 0 Å². The molecule has 0 saturated heterocycles. The van der Waals surface area contributed by atoms with Crippen LogP contribution < -0.4 is 16.8 Å². The monoisotopic (exact) mass is 171 g/mol. The zero-order valence-corrected chi connectivity index (χ0v) is 7.07. The van der Waals surface area contributed by atoms with E-state index in [1.165, 1.54) is 4.68 Å². The predicted molar refractivity (Wildman–Crippen MR) is 47.3 cm³/mol. The van der Waals surface area contributed by atoms with Crippen LogP contribution in [-0.2, 0) is 7.05 Å². The van der Waals surface area contributed by atoms with Gasteiger partial charge in [0.15, 0.2) is 5.82 Å². The Bertz CT molecular complexity index is 280. The first kappa shape index (κ1) is 8.66. The number of nitrogens with two attached hydrogens (primary N) is 2.